The van der Waals surface area contributed by atoms with Crippen LogP contribution in [0.25, 0.3) is 0 Å². The van der Waals surface area contributed by atoms with Crippen molar-refractivity contribution in [1.29, 1.82) is 0 Å². The number of nitrogens with zero attached hydrogens (tertiary/aromatic N) is 2. The van der Waals surface area contributed by atoms with Gasteiger partial charge in [-0.3, -0.25) is 0 Å². The second-order valence-electron chi connectivity index (χ2n) is 5.67. The van der Waals surface area contributed by atoms with Crippen molar-refractivity contribution in [2.45, 2.75) is 45.4 Å². The van der Waals surface area contributed by atoms with E-state index in [0.29, 0.717) is 0 Å². The third kappa shape index (κ3) is 5.42. The van der Waals surface area contributed by atoms with Gasteiger partial charge < -0.3 is 15.7 Å². The molecule has 1 rings (SSSR count). The number of anilines is 2. The normalized spacial score (nSPS) is 11.4. The molecule has 0 spiro atoms. The highest BCUT2D eigenvalue weighted by Gasteiger charge is 2.18. The summed E-state index contributed by atoms with van der Waals surface area (Å²) in [6.45, 7) is 7.45. The summed E-state index contributed by atoms with van der Waals surface area (Å²) in [6.07, 6.45) is 2.92. The Balaban J connectivity index is 2.67. The molecule has 0 saturated carbocycles. The second-order valence-corrected chi connectivity index (χ2v) is 5.67. The highest BCUT2D eigenvalue weighted by Crippen LogP contribution is 2.22. The van der Waals surface area contributed by atoms with E-state index in [1.54, 1.807) is 0 Å². The summed E-state index contributed by atoms with van der Waals surface area (Å²) in [5.41, 5.74) is -0.0693. The smallest absolute Gasteiger partial charge is 0.138 e. The molecule has 0 amide bonds. The van der Waals surface area contributed by atoms with Gasteiger partial charge >= 0.3 is 0 Å². The van der Waals surface area contributed by atoms with Gasteiger partial charge in [0.1, 0.15) is 17.5 Å². The summed E-state index contributed by atoms with van der Waals surface area (Å²) in [7, 11) is 1.86. The second kappa shape index (κ2) is 7.28. The zero-order valence-corrected chi connectivity index (χ0v) is 12.5. The molecule has 1 heterocycles. The fourth-order valence-corrected chi connectivity index (χ4v) is 1.63. The molecule has 1 aromatic heterocycles. The fourth-order valence-electron chi connectivity index (χ4n) is 1.63. The molecule has 5 nitrogen and oxygen atoms in total. The SMILES string of the molecule is CNc1cc(NCCCCCO)nc(C(C)(C)C)n1. The molecule has 0 bridgehead atoms. The van der Waals surface area contributed by atoms with Crippen LogP contribution in [0.3, 0.4) is 0 Å². The minimum atomic E-state index is -0.0693. The summed E-state index contributed by atoms with van der Waals surface area (Å²) in [5, 5.41) is 15.1. The Hall–Kier alpha value is -1.36. The predicted molar refractivity (Wildman–Crippen MR) is 79.7 cm³/mol. The van der Waals surface area contributed by atoms with Gasteiger partial charge in [0.2, 0.25) is 0 Å². The molecule has 0 fully saturated rings. The van der Waals surface area contributed by atoms with E-state index in [1.807, 2.05) is 13.1 Å². The van der Waals surface area contributed by atoms with E-state index < -0.39 is 0 Å². The molecule has 0 aliphatic rings. The first-order valence-corrected chi connectivity index (χ1v) is 6.89. The molecule has 0 aliphatic heterocycles. The Labute approximate surface area is 115 Å². The molecule has 5 heteroatoms. The highest BCUT2D eigenvalue weighted by molar-refractivity contribution is 5.47. The monoisotopic (exact) mass is 266 g/mol. The Morgan fingerprint density at radius 1 is 1.11 bits per heavy atom. The minimum Gasteiger partial charge on any atom is -0.396 e. The fraction of sp³-hybridized carbons (Fsp3) is 0.714. The van der Waals surface area contributed by atoms with Gasteiger partial charge in [0.25, 0.3) is 0 Å². The Morgan fingerprint density at radius 3 is 2.37 bits per heavy atom. The quantitative estimate of drug-likeness (QED) is 0.661. The lowest BCUT2D eigenvalue weighted by Gasteiger charge is -2.18. The Bertz CT molecular complexity index is 388. The van der Waals surface area contributed by atoms with Crippen LogP contribution in [0.15, 0.2) is 6.07 Å². The van der Waals surface area contributed by atoms with E-state index in [2.05, 4.69) is 41.4 Å². The van der Waals surface area contributed by atoms with Crippen molar-refractivity contribution in [2.75, 3.05) is 30.8 Å². The summed E-state index contributed by atoms with van der Waals surface area (Å²) >= 11 is 0. The van der Waals surface area contributed by atoms with Gasteiger partial charge in [-0.15, -0.1) is 0 Å². The molecular weight excluding hydrogens is 240 g/mol. The molecule has 0 saturated heterocycles. The van der Waals surface area contributed by atoms with Crippen LogP contribution in [0.2, 0.25) is 0 Å². The van der Waals surface area contributed by atoms with Crippen molar-refractivity contribution in [1.82, 2.24) is 9.97 Å². The summed E-state index contributed by atoms with van der Waals surface area (Å²) in [4.78, 5) is 9.04. The van der Waals surface area contributed by atoms with Crippen molar-refractivity contribution >= 4 is 11.6 Å². The maximum absolute atomic E-state index is 8.73. The van der Waals surface area contributed by atoms with Crippen molar-refractivity contribution in [3.63, 3.8) is 0 Å². The van der Waals surface area contributed by atoms with Crippen molar-refractivity contribution in [3.8, 4) is 0 Å². The maximum Gasteiger partial charge on any atom is 0.138 e. The topological polar surface area (TPSA) is 70.1 Å². The van der Waals surface area contributed by atoms with E-state index >= 15 is 0 Å². The molecule has 0 atom stereocenters. The molecule has 0 aromatic carbocycles. The lowest BCUT2D eigenvalue weighted by Crippen LogP contribution is -2.18. The number of hydrogen-bond acceptors (Lipinski definition) is 5. The minimum absolute atomic E-state index is 0.0693. The van der Waals surface area contributed by atoms with Gasteiger partial charge in [-0.25, -0.2) is 9.97 Å². The van der Waals surface area contributed by atoms with E-state index in [4.69, 9.17) is 5.11 Å². The molecule has 0 radical (unpaired) electrons. The lowest BCUT2D eigenvalue weighted by molar-refractivity contribution is 0.283. The zero-order valence-electron chi connectivity index (χ0n) is 12.5. The average Bonchev–Trinajstić information content (AvgIpc) is 2.37. The van der Waals surface area contributed by atoms with Gasteiger partial charge in [-0.1, -0.05) is 20.8 Å². The Kier molecular flexibility index (Phi) is 6.02. The number of rotatable bonds is 7. The van der Waals surface area contributed by atoms with Crippen LogP contribution in [0.1, 0.15) is 45.9 Å². The summed E-state index contributed by atoms with van der Waals surface area (Å²) in [6, 6.07) is 1.92. The predicted octanol–water partition coefficient (Wildman–Crippen LogP) is 2.39. The molecule has 108 valence electrons. The summed E-state index contributed by atoms with van der Waals surface area (Å²) < 4.78 is 0. The number of aliphatic hydroxyl groups is 1. The zero-order chi connectivity index (χ0) is 14.3. The van der Waals surface area contributed by atoms with E-state index in [0.717, 1.165) is 43.3 Å². The van der Waals surface area contributed by atoms with Gasteiger partial charge in [-0.05, 0) is 19.3 Å². The highest BCUT2D eigenvalue weighted by atomic mass is 16.2. The largest absolute Gasteiger partial charge is 0.396 e. The third-order valence-corrected chi connectivity index (χ3v) is 2.79. The van der Waals surface area contributed by atoms with E-state index in [9.17, 15) is 0 Å². The van der Waals surface area contributed by atoms with Crippen molar-refractivity contribution in [3.05, 3.63) is 11.9 Å². The number of aromatic nitrogens is 2. The first-order valence-electron chi connectivity index (χ1n) is 6.89. The lowest BCUT2D eigenvalue weighted by atomic mass is 9.96. The van der Waals surface area contributed by atoms with Crippen LogP contribution in [0, 0.1) is 0 Å². The van der Waals surface area contributed by atoms with Crippen molar-refractivity contribution < 1.29 is 5.11 Å². The van der Waals surface area contributed by atoms with Crippen molar-refractivity contribution in [2.24, 2.45) is 0 Å². The van der Waals surface area contributed by atoms with E-state index in [-0.39, 0.29) is 12.0 Å². The molecular formula is C14H26N4O. The Morgan fingerprint density at radius 2 is 1.79 bits per heavy atom. The number of unbranched alkanes of at least 4 members (excludes halogenated alkanes) is 2. The van der Waals surface area contributed by atoms with Gasteiger partial charge in [-0.2, -0.15) is 0 Å². The molecule has 0 aliphatic carbocycles. The van der Waals surface area contributed by atoms with Crippen LogP contribution >= 0.6 is 0 Å². The van der Waals surface area contributed by atoms with E-state index in [1.165, 1.54) is 0 Å². The first kappa shape index (κ1) is 15.7. The molecule has 3 N–H and O–H groups in total. The molecule has 1 aromatic rings. The number of nitrogens with one attached hydrogen (secondary N) is 2. The van der Waals surface area contributed by atoms with Crippen LogP contribution in [-0.4, -0.2) is 35.3 Å². The summed E-state index contributed by atoms with van der Waals surface area (Å²) in [5.74, 6) is 2.52. The standard InChI is InChI=1S/C14H26N4O/c1-14(2,3)13-17-11(15-4)10-12(18-13)16-8-6-5-7-9-19/h10,19H,5-9H2,1-4H3,(H2,15,16,17,18). The van der Waals surface area contributed by atoms with Crippen LogP contribution in [-0.2, 0) is 5.41 Å². The maximum atomic E-state index is 8.73. The first-order chi connectivity index (χ1) is 8.97. The number of hydrogen-bond donors (Lipinski definition) is 3. The third-order valence-electron chi connectivity index (χ3n) is 2.79. The van der Waals surface area contributed by atoms with Gasteiger partial charge in [0, 0.05) is 31.7 Å². The molecule has 0 unspecified atom stereocenters. The molecule has 19 heavy (non-hydrogen) atoms. The van der Waals surface area contributed by atoms with Gasteiger partial charge in [0.05, 0.1) is 0 Å². The van der Waals surface area contributed by atoms with Gasteiger partial charge in [0.15, 0.2) is 0 Å². The number of aliphatic hydroxyl groups excluding tert-OH is 1. The van der Waals surface area contributed by atoms with Crippen LogP contribution < -0.4 is 10.6 Å². The van der Waals surface area contributed by atoms with Crippen LogP contribution in [0.5, 0.6) is 0 Å². The van der Waals surface area contributed by atoms with Crippen LogP contribution in [0.4, 0.5) is 11.6 Å². The average molecular weight is 266 g/mol.